The highest BCUT2D eigenvalue weighted by atomic mass is 35.5. The van der Waals surface area contributed by atoms with Gasteiger partial charge in [0.1, 0.15) is 5.82 Å². The first-order valence-electron chi connectivity index (χ1n) is 9.51. The lowest BCUT2D eigenvalue weighted by molar-refractivity contribution is -0.138. The molecular formula is C21H22ClF4N3O. The van der Waals surface area contributed by atoms with Crippen LogP contribution in [0.2, 0.25) is 5.02 Å². The highest BCUT2D eigenvalue weighted by Gasteiger charge is 2.34. The van der Waals surface area contributed by atoms with Gasteiger partial charge in [-0.1, -0.05) is 29.8 Å². The van der Waals surface area contributed by atoms with E-state index in [1.165, 1.54) is 0 Å². The number of nitrogens with two attached hydrogens (primary N) is 1. The van der Waals surface area contributed by atoms with Gasteiger partial charge in [-0.15, -0.1) is 0 Å². The van der Waals surface area contributed by atoms with Gasteiger partial charge in [0, 0.05) is 37.7 Å². The van der Waals surface area contributed by atoms with Crippen molar-refractivity contribution < 1.29 is 22.4 Å². The predicted octanol–water partition coefficient (Wildman–Crippen LogP) is 3.71. The molecule has 1 unspecified atom stereocenters. The molecule has 0 radical (unpaired) electrons. The summed E-state index contributed by atoms with van der Waals surface area (Å²) in [6.45, 7) is 1.38. The molecule has 1 heterocycles. The molecule has 0 saturated carbocycles. The molecule has 1 aliphatic heterocycles. The number of hydrogen-bond donors (Lipinski definition) is 1. The molecule has 2 aromatic carbocycles. The normalized spacial score (nSPS) is 16.5. The van der Waals surface area contributed by atoms with Gasteiger partial charge < -0.3 is 10.6 Å². The van der Waals surface area contributed by atoms with Gasteiger partial charge in [-0.2, -0.15) is 13.2 Å². The van der Waals surface area contributed by atoms with Crippen LogP contribution in [0.25, 0.3) is 0 Å². The summed E-state index contributed by atoms with van der Waals surface area (Å²) < 4.78 is 53.0. The quantitative estimate of drug-likeness (QED) is 0.717. The predicted molar refractivity (Wildman–Crippen MR) is 106 cm³/mol. The maximum Gasteiger partial charge on any atom is 0.416 e. The summed E-state index contributed by atoms with van der Waals surface area (Å²) in [6.07, 6.45) is -4.25. The summed E-state index contributed by atoms with van der Waals surface area (Å²) in [5.41, 5.74) is 5.89. The Kier molecular flexibility index (Phi) is 7.00. The van der Waals surface area contributed by atoms with Crippen molar-refractivity contribution in [2.75, 3.05) is 26.2 Å². The summed E-state index contributed by atoms with van der Waals surface area (Å²) in [7, 11) is 0. The molecule has 1 saturated heterocycles. The highest BCUT2D eigenvalue weighted by Crippen LogP contribution is 2.33. The van der Waals surface area contributed by atoms with Crippen molar-refractivity contribution in [2.45, 2.75) is 25.2 Å². The van der Waals surface area contributed by atoms with Gasteiger partial charge in [0.05, 0.1) is 11.6 Å². The van der Waals surface area contributed by atoms with Crippen molar-refractivity contribution in [3.8, 4) is 0 Å². The minimum atomic E-state index is -4.55. The second-order valence-corrected chi connectivity index (χ2v) is 7.71. The number of benzene rings is 2. The van der Waals surface area contributed by atoms with E-state index in [-0.39, 0.29) is 18.0 Å². The summed E-state index contributed by atoms with van der Waals surface area (Å²) in [4.78, 5) is 16.0. The first-order chi connectivity index (χ1) is 14.1. The molecule has 30 heavy (non-hydrogen) atoms. The van der Waals surface area contributed by atoms with Gasteiger partial charge in [-0.05, 0) is 41.8 Å². The Balaban J connectivity index is 1.58. The zero-order valence-electron chi connectivity index (χ0n) is 16.1. The second-order valence-electron chi connectivity index (χ2n) is 7.30. The number of rotatable bonds is 5. The molecule has 2 aromatic rings. The third-order valence-electron chi connectivity index (χ3n) is 5.17. The SMILES string of the molecule is NC(Cc1ccccc1Cl)C(=O)N1CCN(Cc2cc(F)ccc2C(F)(F)F)CC1. The molecule has 1 atom stereocenters. The standard InChI is InChI=1S/C21H22ClF4N3O/c22-18-4-2-1-3-14(18)12-19(27)20(30)29-9-7-28(8-10-29)13-15-11-16(23)5-6-17(15)21(24,25)26/h1-6,11,19H,7-10,12-13,27H2. The lowest BCUT2D eigenvalue weighted by Crippen LogP contribution is -2.53. The highest BCUT2D eigenvalue weighted by molar-refractivity contribution is 6.31. The number of amides is 1. The van der Waals surface area contributed by atoms with E-state index in [1.54, 1.807) is 21.9 Å². The summed E-state index contributed by atoms with van der Waals surface area (Å²) >= 11 is 6.12. The number of halogens is 5. The van der Waals surface area contributed by atoms with E-state index in [2.05, 4.69) is 0 Å². The van der Waals surface area contributed by atoms with Crippen molar-refractivity contribution in [3.05, 3.63) is 70.0 Å². The number of carbonyl (C=O) groups is 1. The molecule has 162 valence electrons. The molecule has 1 fully saturated rings. The number of carbonyl (C=O) groups excluding carboxylic acids is 1. The third-order valence-corrected chi connectivity index (χ3v) is 5.53. The minimum absolute atomic E-state index is 0.0414. The van der Waals surface area contributed by atoms with Crippen LogP contribution in [0.5, 0.6) is 0 Å². The van der Waals surface area contributed by atoms with Crippen LogP contribution in [-0.2, 0) is 23.9 Å². The van der Waals surface area contributed by atoms with Gasteiger partial charge >= 0.3 is 6.18 Å². The molecule has 2 N–H and O–H groups in total. The largest absolute Gasteiger partial charge is 0.416 e. The van der Waals surface area contributed by atoms with Crippen molar-refractivity contribution in [2.24, 2.45) is 5.73 Å². The lowest BCUT2D eigenvalue weighted by Gasteiger charge is -2.36. The van der Waals surface area contributed by atoms with Crippen molar-refractivity contribution >= 4 is 17.5 Å². The first-order valence-corrected chi connectivity index (χ1v) is 9.88. The fourth-order valence-corrected chi connectivity index (χ4v) is 3.77. The van der Waals surface area contributed by atoms with Crippen LogP contribution in [0, 0.1) is 5.82 Å². The summed E-state index contributed by atoms with van der Waals surface area (Å²) in [6, 6.07) is 8.89. The Labute approximate surface area is 177 Å². The molecule has 4 nitrogen and oxygen atoms in total. The lowest BCUT2D eigenvalue weighted by atomic mass is 10.0. The number of alkyl halides is 3. The van der Waals surface area contributed by atoms with E-state index in [1.807, 2.05) is 12.1 Å². The van der Waals surface area contributed by atoms with Crippen LogP contribution in [0.1, 0.15) is 16.7 Å². The Bertz CT molecular complexity index is 898. The van der Waals surface area contributed by atoms with Gasteiger partial charge in [0.15, 0.2) is 0 Å². The molecule has 1 aliphatic rings. The average molecular weight is 444 g/mol. The van der Waals surface area contributed by atoms with E-state index < -0.39 is 23.6 Å². The monoisotopic (exact) mass is 443 g/mol. The maximum atomic E-state index is 13.5. The van der Waals surface area contributed by atoms with E-state index in [0.717, 1.165) is 23.8 Å². The van der Waals surface area contributed by atoms with Crippen LogP contribution in [0.3, 0.4) is 0 Å². The minimum Gasteiger partial charge on any atom is -0.339 e. The fraction of sp³-hybridized carbons (Fsp3) is 0.381. The molecule has 1 amide bonds. The Morgan fingerprint density at radius 1 is 1.07 bits per heavy atom. The van der Waals surface area contributed by atoms with Crippen LogP contribution >= 0.6 is 11.6 Å². The Morgan fingerprint density at radius 2 is 1.73 bits per heavy atom. The van der Waals surface area contributed by atoms with E-state index in [9.17, 15) is 22.4 Å². The zero-order chi connectivity index (χ0) is 21.9. The number of piperazine rings is 1. The van der Waals surface area contributed by atoms with Crippen molar-refractivity contribution in [1.29, 1.82) is 0 Å². The van der Waals surface area contributed by atoms with Gasteiger partial charge in [-0.25, -0.2) is 4.39 Å². The van der Waals surface area contributed by atoms with Crippen LogP contribution < -0.4 is 5.73 Å². The first kappa shape index (κ1) is 22.5. The topological polar surface area (TPSA) is 49.6 Å². The maximum absolute atomic E-state index is 13.5. The second kappa shape index (κ2) is 9.32. The molecule has 3 rings (SSSR count). The van der Waals surface area contributed by atoms with Crippen molar-refractivity contribution in [3.63, 3.8) is 0 Å². The van der Waals surface area contributed by atoms with Gasteiger partial charge in [-0.3, -0.25) is 9.69 Å². The van der Waals surface area contributed by atoms with Gasteiger partial charge in [0.25, 0.3) is 0 Å². The summed E-state index contributed by atoms with van der Waals surface area (Å²) in [5.74, 6) is -0.936. The Hall–Kier alpha value is -2.16. The smallest absolute Gasteiger partial charge is 0.339 e. The van der Waals surface area contributed by atoms with Crippen molar-refractivity contribution in [1.82, 2.24) is 9.80 Å². The average Bonchev–Trinajstić information content (AvgIpc) is 2.69. The molecule has 9 heteroatoms. The molecule has 0 aliphatic carbocycles. The fourth-order valence-electron chi connectivity index (χ4n) is 3.56. The van der Waals surface area contributed by atoms with Gasteiger partial charge in [0.2, 0.25) is 5.91 Å². The third kappa shape index (κ3) is 5.50. The van der Waals surface area contributed by atoms with Crippen LogP contribution in [0.4, 0.5) is 17.6 Å². The Morgan fingerprint density at radius 3 is 2.37 bits per heavy atom. The molecule has 0 bridgehead atoms. The van der Waals surface area contributed by atoms with E-state index in [0.29, 0.717) is 37.6 Å². The van der Waals surface area contributed by atoms with E-state index >= 15 is 0 Å². The molecular weight excluding hydrogens is 422 g/mol. The van der Waals surface area contributed by atoms with Crippen LogP contribution in [-0.4, -0.2) is 47.9 Å². The molecule has 0 aromatic heterocycles. The molecule has 0 spiro atoms. The van der Waals surface area contributed by atoms with Crippen LogP contribution in [0.15, 0.2) is 42.5 Å². The summed E-state index contributed by atoms with van der Waals surface area (Å²) in [5, 5.41) is 0.543. The van der Waals surface area contributed by atoms with E-state index in [4.69, 9.17) is 17.3 Å². The zero-order valence-corrected chi connectivity index (χ0v) is 16.9. The number of nitrogens with zero attached hydrogens (tertiary/aromatic N) is 2. The number of hydrogen-bond acceptors (Lipinski definition) is 3.